The minimum Gasteiger partial charge on any atom is -0.0988 e. The third-order valence-electron chi connectivity index (χ3n) is 0.935. The smallest absolute Gasteiger partial charge is 0.00637 e. The van der Waals surface area contributed by atoms with Crippen molar-refractivity contribution in [1.82, 2.24) is 0 Å². The molecule has 0 aliphatic carbocycles. The van der Waals surface area contributed by atoms with Gasteiger partial charge in [-0.15, -0.1) is 0 Å². The SMILES string of the molecule is CCC#C/C=C\CCC. The highest BCUT2D eigenvalue weighted by atomic mass is 13.7. The van der Waals surface area contributed by atoms with Crippen molar-refractivity contribution in [1.29, 1.82) is 0 Å². The van der Waals surface area contributed by atoms with Gasteiger partial charge in [-0.05, 0) is 12.5 Å². The van der Waals surface area contributed by atoms with E-state index in [1.165, 1.54) is 6.42 Å². The molecule has 0 fully saturated rings. The quantitative estimate of drug-likeness (QED) is 0.494. The average Bonchev–Trinajstić information content (AvgIpc) is 1.89. The topological polar surface area (TPSA) is 0 Å². The summed E-state index contributed by atoms with van der Waals surface area (Å²) in [6.45, 7) is 4.22. The van der Waals surface area contributed by atoms with Crippen molar-refractivity contribution >= 4 is 0 Å². The van der Waals surface area contributed by atoms with E-state index in [1.54, 1.807) is 0 Å². The molecule has 0 spiro atoms. The molecule has 0 radical (unpaired) electrons. The summed E-state index contributed by atoms with van der Waals surface area (Å²) in [5.41, 5.74) is 0. The zero-order valence-corrected chi connectivity index (χ0v) is 6.28. The van der Waals surface area contributed by atoms with Gasteiger partial charge in [-0.25, -0.2) is 0 Å². The Morgan fingerprint density at radius 1 is 1.33 bits per heavy atom. The van der Waals surface area contributed by atoms with Crippen LogP contribution in [0.3, 0.4) is 0 Å². The Morgan fingerprint density at radius 3 is 2.67 bits per heavy atom. The van der Waals surface area contributed by atoms with Crippen molar-refractivity contribution in [2.45, 2.75) is 33.1 Å². The van der Waals surface area contributed by atoms with Crippen molar-refractivity contribution in [2.75, 3.05) is 0 Å². The van der Waals surface area contributed by atoms with Gasteiger partial charge in [0.15, 0.2) is 0 Å². The van der Waals surface area contributed by atoms with E-state index in [4.69, 9.17) is 0 Å². The molecule has 0 nitrogen and oxygen atoms in total. The summed E-state index contributed by atoms with van der Waals surface area (Å²) in [5, 5.41) is 0. The Bertz CT molecular complexity index is 121. The first-order valence-electron chi connectivity index (χ1n) is 3.55. The Hall–Kier alpha value is -0.700. The largest absolute Gasteiger partial charge is 0.0988 e. The lowest BCUT2D eigenvalue weighted by molar-refractivity contribution is 0.959. The number of allylic oxidation sites excluding steroid dienone is 2. The third-order valence-corrected chi connectivity index (χ3v) is 0.935. The summed E-state index contributed by atoms with van der Waals surface area (Å²) in [6.07, 6.45) is 7.37. The van der Waals surface area contributed by atoms with Crippen LogP contribution < -0.4 is 0 Å². The molecule has 0 saturated heterocycles. The standard InChI is InChI=1S/C9H14/c1-3-5-7-9-8-6-4-2/h7,9H,3-5H2,1-2H3/b9-7-. The van der Waals surface area contributed by atoms with Gasteiger partial charge in [-0.1, -0.05) is 38.2 Å². The second-order valence-electron chi connectivity index (χ2n) is 1.87. The Kier molecular flexibility index (Phi) is 6.73. The molecule has 0 bridgehead atoms. The molecule has 0 heteroatoms. The molecule has 50 valence electrons. The second-order valence-corrected chi connectivity index (χ2v) is 1.87. The number of unbranched alkanes of at least 4 members (excludes halogenated alkanes) is 1. The molecule has 0 rings (SSSR count). The molecule has 0 amide bonds. The minimum atomic E-state index is 0.955. The lowest BCUT2D eigenvalue weighted by Gasteiger charge is -1.77. The van der Waals surface area contributed by atoms with Crippen LogP contribution in [0.4, 0.5) is 0 Å². The summed E-state index contributed by atoms with van der Waals surface area (Å²) < 4.78 is 0. The van der Waals surface area contributed by atoms with Gasteiger partial charge in [0.05, 0.1) is 0 Å². The number of hydrogen-bond acceptors (Lipinski definition) is 0. The normalized spacial score (nSPS) is 9.11. The van der Waals surface area contributed by atoms with E-state index in [9.17, 15) is 0 Å². The van der Waals surface area contributed by atoms with Crippen molar-refractivity contribution in [3.63, 3.8) is 0 Å². The summed E-state index contributed by atoms with van der Waals surface area (Å²) >= 11 is 0. The van der Waals surface area contributed by atoms with Crippen molar-refractivity contribution in [2.24, 2.45) is 0 Å². The van der Waals surface area contributed by atoms with Crippen LogP contribution in [0.1, 0.15) is 33.1 Å². The van der Waals surface area contributed by atoms with E-state index >= 15 is 0 Å². The Balaban J connectivity index is 3.23. The molecule has 9 heavy (non-hydrogen) atoms. The monoisotopic (exact) mass is 122 g/mol. The lowest BCUT2D eigenvalue weighted by atomic mass is 10.3. The molecule has 0 aliphatic heterocycles. The van der Waals surface area contributed by atoms with E-state index in [1.807, 2.05) is 6.08 Å². The number of hydrogen-bond donors (Lipinski definition) is 0. The highest BCUT2D eigenvalue weighted by Gasteiger charge is 1.67. The predicted molar refractivity (Wildman–Crippen MR) is 42.1 cm³/mol. The minimum absolute atomic E-state index is 0.955. The maximum Gasteiger partial charge on any atom is 0.00637 e. The van der Waals surface area contributed by atoms with Gasteiger partial charge < -0.3 is 0 Å². The van der Waals surface area contributed by atoms with Crippen LogP contribution >= 0.6 is 0 Å². The van der Waals surface area contributed by atoms with Crippen molar-refractivity contribution in [3.8, 4) is 11.8 Å². The Morgan fingerprint density at radius 2 is 2.11 bits per heavy atom. The molecule has 0 unspecified atom stereocenters. The van der Waals surface area contributed by atoms with Crippen LogP contribution in [0.25, 0.3) is 0 Å². The second kappa shape index (κ2) is 7.30. The fourth-order valence-corrected chi connectivity index (χ4v) is 0.470. The maximum atomic E-state index is 2.97. The first kappa shape index (κ1) is 8.30. The van der Waals surface area contributed by atoms with Crippen LogP contribution in [0, 0.1) is 11.8 Å². The van der Waals surface area contributed by atoms with Crippen molar-refractivity contribution in [3.05, 3.63) is 12.2 Å². The maximum absolute atomic E-state index is 2.97. The van der Waals surface area contributed by atoms with E-state index in [0.717, 1.165) is 12.8 Å². The molecule has 0 aromatic carbocycles. The zero-order valence-electron chi connectivity index (χ0n) is 6.28. The van der Waals surface area contributed by atoms with Gasteiger partial charge in [-0.3, -0.25) is 0 Å². The van der Waals surface area contributed by atoms with Gasteiger partial charge in [0.25, 0.3) is 0 Å². The first-order chi connectivity index (χ1) is 4.41. The molecule has 0 saturated carbocycles. The number of rotatable bonds is 2. The molecule has 0 N–H and O–H groups in total. The van der Waals surface area contributed by atoms with E-state index in [0.29, 0.717) is 0 Å². The van der Waals surface area contributed by atoms with E-state index in [-0.39, 0.29) is 0 Å². The van der Waals surface area contributed by atoms with E-state index in [2.05, 4.69) is 31.8 Å². The molecular formula is C9H14. The van der Waals surface area contributed by atoms with Gasteiger partial charge in [0.2, 0.25) is 0 Å². The zero-order chi connectivity index (χ0) is 6.95. The molecule has 0 atom stereocenters. The van der Waals surface area contributed by atoms with E-state index < -0.39 is 0 Å². The summed E-state index contributed by atoms with van der Waals surface area (Å²) in [5.74, 6) is 5.91. The van der Waals surface area contributed by atoms with Crippen LogP contribution in [0.15, 0.2) is 12.2 Å². The van der Waals surface area contributed by atoms with Crippen LogP contribution in [0.2, 0.25) is 0 Å². The van der Waals surface area contributed by atoms with Crippen LogP contribution in [-0.4, -0.2) is 0 Å². The third kappa shape index (κ3) is 7.30. The molecule has 0 aliphatic rings. The first-order valence-corrected chi connectivity index (χ1v) is 3.55. The van der Waals surface area contributed by atoms with Crippen LogP contribution in [-0.2, 0) is 0 Å². The highest BCUT2D eigenvalue weighted by Crippen LogP contribution is 1.86. The van der Waals surface area contributed by atoms with Crippen molar-refractivity contribution < 1.29 is 0 Å². The lowest BCUT2D eigenvalue weighted by Crippen LogP contribution is -1.59. The molecule has 0 heterocycles. The van der Waals surface area contributed by atoms with Gasteiger partial charge in [-0.2, -0.15) is 0 Å². The molecular weight excluding hydrogens is 108 g/mol. The highest BCUT2D eigenvalue weighted by molar-refractivity contribution is 5.14. The summed E-state index contributed by atoms with van der Waals surface area (Å²) in [6, 6.07) is 0. The summed E-state index contributed by atoms with van der Waals surface area (Å²) in [7, 11) is 0. The van der Waals surface area contributed by atoms with Gasteiger partial charge >= 0.3 is 0 Å². The van der Waals surface area contributed by atoms with Crippen LogP contribution in [0.5, 0.6) is 0 Å². The Labute approximate surface area is 58.0 Å². The van der Waals surface area contributed by atoms with Gasteiger partial charge in [0.1, 0.15) is 0 Å². The fourth-order valence-electron chi connectivity index (χ4n) is 0.470. The molecule has 0 aromatic rings. The average molecular weight is 122 g/mol. The van der Waals surface area contributed by atoms with Gasteiger partial charge in [0, 0.05) is 6.42 Å². The molecule has 0 aromatic heterocycles. The predicted octanol–water partition coefficient (Wildman–Crippen LogP) is 2.76. The fraction of sp³-hybridized carbons (Fsp3) is 0.556. The summed E-state index contributed by atoms with van der Waals surface area (Å²) in [4.78, 5) is 0.